The average Bonchev–Trinajstić information content (AvgIpc) is 3.46. The SMILES string of the molecule is O=c1c(N=Nc2cc(Cl)ccc2Cl)c(-c2ccccc2)[nH]n1-c1nc(-c2ccccc2)cs1. The molecule has 0 aliphatic rings. The zero-order valence-corrected chi connectivity index (χ0v) is 19.3. The Morgan fingerprint density at radius 1 is 0.879 bits per heavy atom. The van der Waals surface area contributed by atoms with E-state index in [4.69, 9.17) is 23.2 Å². The van der Waals surface area contributed by atoms with Crippen molar-refractivity contribution in [2.45, 2.75) is 0 Å². The number of aromatic amines is 1. The van der Waals surface area contributed by atoms with Crippen LogP contribution in [0.15, 0.2) is 99.3 Å². The van der Waals surface area contributed by atoms with E-state index in [0.717, 1.165) is 16.8 Å². The molecule has 0 atom stereocenters. The number of aromatic nitrogens is 3. The van der Waals surface area contributed by atoms with E-state index in [0.29, 0.717) is 26.6 Å². The lowest BCUT2D eigenvalue weighted by atomic mass is 10.1. The molecule has 0 aliphatic carbocycles. The van der Waals surface area contributed by atoms with Gasteiger partial charge in [-0.3, -0.25) is 9.89 Å². The molecule has 0 spiro atoms. The highest BCUT2D eigenvalue weighted by atomic mass is 35.5. The van der Waals surface area contributed by atoms with Crippen LogP contribution in [-0.2, 0) is 0 Å². The van der Waals surface area contributed by atoms with Crippen molar-refractivity contribution in [1.29, 1.82) is 0 Å². The zero-order chi connectivity index (χ0) is 22.8. The van der Waals surface area contributed by atoms with Crippen molar-refractivity contribution in [3.8, 4) is 27.6 Å². The Hall–Kier alpha value is -3.52. The van der Waals surface area contributed by atoms with Crippen molar-refractivity contribution < 1.29 is 0 Å². The number of nitrogens with one attached hydrogen (secondary N) is 1. The standard InChI is InChI=1S/C24H15Cl2N5OS/c25-17-11-12-18(26)19(13-17)28-29-22-21(16-9-5-2-6-10-16)30-31(23(22)32)24-27-20(14-33-24)15-7-3-1-4-8-15/h1-14,30H. The first-order valence-electron chi connectivity index (χ1n) is 9.89. The topological polar surface area (TPSA) is 75.4 Å². The van der Waals surface area contributed by atoms with Crippen LogP contribution in [0.4, 0.5) is 11.4 Å². The van der Waals surface area contributed by atoms with E-state index >= 15 is 0 Å². The molecule has 162 valence electrons. The highest BCUT2D eigenvalue weighted by molar-refractivity contribution is 7.12. The molecule has 3 aromatic carbocycles. The maximum Gasteiger partial charge on any atom is 0.301 e. The summed E-state index contributed by atoms with van der Waals surface area (Å²) in [6, 6.07) is 24.1. The van der Waals surface area contributed by atoms with Crippen LogP contribution in [0.1, 0.15) is 0 Å². The van der Waals surface area contributed by atoms with Crippen LogP contribution in [-0.4, -0.2) is 14.8 Å². The van der Waals surface area contributed by atoms with Crippen LogP contribution in [0.25, 0.3) is 27.6 Å². The number of rotatable bonds is 5. The fourth-order valence-corrected chi connectivity index (χ4v) is 4.35. The molecule has 0 saturated carbocycles. The number of hydrogen-bond donors (Lipinski definition) is 1. The summed E-state index contributed by atoms with van der Waals surface area (Å²) in [5.41, 5.74) is 3.22. The molecule has 9 heteroatoms. The van der Waals surface area contributed by atoms with Crippen LogP contribution < -0.4 is 5.56 Å². The molecule has 6 nitrogen and oxygen atoms in total. The monoisotopic (exact) mass is 491 g/mol. The molecule has 5 rings (SSSR count). The highest BCUT2D eigenvalue weighted by Crippen LogP contribution is 2.32. The summed E-state index contributed by atoms with van der Waals surface area (Å²) in [6.45, 7) is 0. The van der Waals surface area contributed by atoms with Gasteiger partial charge in [0.05, 0.1) is 16.4 Å². The number of halogens is 2. The van der Waals surface area contributed by atoms with Crippen molar-refractivity contribution in [2.75, 3.05) is 0 Å². The van der Waals surface area contributed by atoms with Gasteiger partial charge in [-0.05, 0) is 18.2 Å². The normalized spacial score (nSPS) is 11.3. The fraction of sp³-hybridized carbons (Fsp3) is 0. The van der Waals surface area contributed by atoms with Crippen molar-refractivity contribution >= 4 is 45.9 Å². The summed E-state index contributed by atoms with van der Waals surface area (Å²) < 4.78 is 1.38. The molecule has 33 heavy (non-hydrogen) atoms. The molecule has 2 aromatic heterocycles. The lowest BCUT2D eigenvalue weighted by Crippen LogP contribution is -2.13. The van der Waals surface area contributed by atoms with Crippen LogP contribution in [0.5, 0.6) is 0 Å². The van der Waals surface area contributed by atoms with Crippen molar-refractivity contribution in [2.24, 2.45) is 10.2 Å². The Bertz CT molecular complexity index is 1510. The second-order valence-corrected chi connectivity index (χ2v) is 8.70. The van der Waals surface area contributed by atoms with Crippen LogP contribution in [0.3, 0.4) is 0 Å². The van der Waals surface area contributed by atoms with Gasteiger partial charge in [-0.1, -0.05) is 83.9 Å². The Labute approximate surface area is 202 Å². The van der Waals surface area contributed by atoms with Crippen LogP contribution in [0, 0.1) is 0 Å². The van der Waals surface area contributed by atoms with Gasteiger partial charge in [0.25, 0.3) is 0 Å². The summed E-state index contributed by atoms with van der Waals surface area (Å²) in [7, 11) is 0. The third kappa shape index (κ3) is 4.39. The summed E-state index contributed by atoms with van der Waals surface area (Å²) >= 11 is 13.6. The first-order valence-corrected chi connectivity index (χ1v) is 11.5. The Morgan fingerprint density at radius 2 is 1.58 bits per heavy atom. The number of thiazole rings is 1. The molecule has 2 heterocycles. The molecular formula is C24H15Cl2N5OS. The number of benzene rings is 3. The Morgan fingerprint density at radius 3 is 2.30 bits per heavy atom. The summed E-state index contributed by atoms with van der Waals surface area (Å²) in [5.74, 6) is 0. The summed E-state index contributed by atoms with van der Waals surface area (Å²) in [6.07, 6.45) is 0. The number of nitrogens with zero attached hydrogens (tertiary/aromatic N) is 4. The van der Waals surface area contributed by atoms with E-state index < -0.39 is 0 Å². The number of hydrogen-bond acceptors (Lipinski definition) is 5. The minimum Gasteiger partial charge on any atom is -0.286 e. The van der Waals surface area contributed by atoms with Gasteiger partial charge >= 0.3 is 5.56 Å². The van der Waals surface area contributed by atoms with Crippen LogP contribution in [0.2, 0.25) is 10.0 Å². The van der Waals surface area contributed by atoms with Crippen molar-refractivity contribution in [1.82, 2.24) is 14.8 Å². The molecular weight excluding hydrogens is 477 g/mol. The zero-order valence-electron chi connectivity index (χ0n) is 16.9. The quantitative estimate of drug-likeness (QED) is 0.256. The maximum absolute atomic E-state index is 13.4. The van der Waals surface area contributed by atoms with Gasteiger partial charge in [0.2, 0.25) is 5.13 Å². The molecule has 0 unspecified atom stereocenters. The Balaban J connectivity index is 1.62. The molecule has 0 saturated heterocycles. The van der Waals surface area contributed by atoms with Gasteiger partial charge in [-0.25, -0.2) is 4.98 Å². The van der Waals surface area contributed by atoms with Gasteiger partial charge < -0.3 is 0 Å². The van der Waals surface area contributed by atoms with Crippen molar-refractivity contribution in [3.63, 3.8) is 0 Å². The lowest BCUT2D eigenvalue weighted by Gasteiger charge is -1.99. The molecule has 0 bridgehead atoms. The third-order valence-electron chi connectivity index (χ3n) is 4.85. The first kappa shape index (κ1) is 21.3. The van der Waals surface area contributed by atoms with E-state index in [1.54, 1.807) is 18.2 Å². The third-order valence-corrected chi connectivity index (χ3v) is 6.23. The molecule has 5 aromatic rings. The first-order chi connectivity index (χ1) is 16.1. The van der Waals surface area contributed by atoms with E-state index in [1.807, 2.05) is 66.0 Å². The van der Waals surface area contributed by atoms with Crippen molar-refractivity contribution in [3.05, 3.63) is 105 Å². The number of H-pyrrole nitrogens is 1. The largest absolute Gasteiger partial charge is 0.301 e. The van der Waals surface area contributed by atoms with E-state index in [-0.39, 0.29) is 11.2 Å². The predicted octanol–water partition coefficient (Wildman–Crippen LogP) is 7.68. The van der Waals surface area contributed by atoms with E-state index in [2.05, 4.69) is 20.3 Å². The maximum atomic E-state index is 13.4. The second kappa shape index (κ2) is 9.15. The molecule has 0 aliphatic heterocycles. The van der Waals surface area contributed by atoms with E-state index in [1.165, 1.54) is 16.0 Å². The fourth-order valence-electron chi connectivity index (χ4n) is 3.24. The minimum atomic E-state index is -0.371. The van der Waals surface area contributed by atoms with Gasteiger partial charge in [-0.15, -0.1) is 21.6 Å². The molecule has 0 fully saturated rings. The molecule has 0 radical (unpaired) electrons. The number of azo groups is 1. The molecule has 0 amide bonds. The van der Waals surface area contributed by atoms with E-state index in [9.17, 15) is 4.79 Å². The van der Waals surface area contributed by atoms with Gasteiger partial charge in [0.15, 0.2) is 5.69 Å². The highest BCUT2D eigenvalue weighted by Gasteiger charge is 2.19. The molecule has 1 N–H and O–H groups in total. The van der Waals surface area contributed by atoms with Gasteiger partial charge in [0.1, 0.15) is 5.69 Å². The van der Waals surface area contributed by atoms with Gasteiger partial charge in [-0.2, -0.15) is 4.68 Å². The lowest BCUT2D eigenvalue weighted by molar-refractivity contribution is 0.843. The van der Waals surface area contributed by atoms with Crippen LogP contribution >= 0.6 is 34.5 Å². The summed E-state index contributed by atoms with van der Waals surface area (Å²) in [4.78, 5) is 18.0. The summed E-state index contributed by atoms with van der Waals surface area (Å²) in [5, 5.41) is 14.9. The Kier molecular flexibility index (Phi) is 5.92. The smallest absolute Gasteiger partial charge is 0.286 e. The second-order valence-electron chi connectivity index (χ2n) is 7.02. The predicted molar refractivity (Wildman–Crippen MR) is 134 cm³/mol. The minimum absolute atomic E-state index is 0.147. The average molecular weight is 492 g/mol. The van der Waals surface area contributed by atoms with Gasteiger partial charge in [0, 0.05) is 21.5 Å².